The van der Waals surface area contributed by atoms with Crippen LogP contribution in [0, 0.1) is 39.0 Å². The van der Waals surface area contributed by atoms with Crippen LogP contribution in [0.1, 0.15) is 40.3 Å². The minimum Gasteiger partial charge on any atom is -0.269 e. The lowest BCUT2D eigenvalue weighted by Gasteiger charge is -2.27. The first-order valence-corrected chi connectivity index (χ1v) is 13.2. The molecule has 4 aromatic rings. The molecule has 0 N–H and O–H groups in total. The van der Waals surface area contributed by atoms with Gasteiger partial charge in [0.25, 0.3) is 11.8 Å². The molecular formula is C34H30N4O2. The summed E-state index contributed by atoms with van der Waals surface area (Å²) in [5.74, 6) is -1.01. The van der Waals surface area contributed by atoms with Gasteiger partial charge in [0.2, 0.25) is 0 Å². The lowest BCUT2D eigenvalue weighted by Crippen LogP contribution is -2.42. The molecule has 0 unspecified atom stereocenters. The first kappa shape index (κ1) is 26.6. The molecule has 1 aliphatic rings. The zero-order chi connectivity index (χ0) is 28.6. The molecule has 0 radical (unpaired) electrons. The third kappa shape index (κ3) is 4.90. The second-order valence-electron chi connectivity index (χ2n) is 10.3. The molecule has 6 nitrogen and oxygen atoms in total. The SMILES string of the molecule is CC1=C(C#N)C(=O)N(Cc2ccc(C)cc2)C(=O)/C1=C/c1cn(-c2ccccc2)nc1-c1c(C)cc(C)cc1C. The average molecular weight is 527 g/mol. The number of nitriles is 1. The van der Waals surface area contributed by atoms with Crippen molar-refractivity contribution in [3.8, 4) is 23.0 Å². The van der Waals surface area contributed by atoms with E-state index in [1.54, 1.807) is 17.7 Å². The van der Waals surface area contributed by atoms with Crippen LogP contribution in [0.5, 0.6) is 0 Å². The summed E-state index contributed by atoms with van der Waals surface area (Å²) in [4.78, 5) is 28.2. The smallest absolute Gasteiger partial charge is 0.269 e. The second kappa shape index (κ2) is 10.6. The fraction of sp³-hybridized carbons (Fsp3) is 0.176. The molecule has 2 amide bonds. The van der Waals surface area contributed by atoms with E-state index in [1.807, 2.05) is 73.8 Å². The van der Waals surface area contributed by atoms with E-state index in [2.05, 4.69) is 32.9 Å². The van der Waals surface area contributed by atoms with Gasteiger partial charge < -0.3 is 0 Å². The second-order valence-corrected chi connectivity index (χ2v) is 10.3. The van der Waals surface area contributed by atoms with Gasteiger partial charge in [-0.1, -0.05) is 65.7 Å². The van der Waals surface area contributed by atoms with Crippen LogP contribution in [-0.4, -0.2) is 26.5 Å². The molecule has 6 heteroatoms. The standard InChI is InChI=1S/C34H30N4O2/c1-21-11-13-26(14-12-21)19-37-33(39)29(25(5)30(18-35)34(37)40)17-27-20-38(28-9-7-6-8-10-28)36-32(27)31-23(3)15-22(2)16-24(31)4/h6-17,20H,19H2,1-5H3/b29-17+. The Labute approximate surface area is 234 Å². The molecule has 0 aliphatic carbocycles. The van der Waals surface area contributed by atoms with Crippen LogP contribution >= 0.6 is 0 Å². The highest BCUT2D eigenvalue weighted by atomic mass is 16.2. The number of benzene rings is 3. The van der Waals surface area contributed by atoms with Crippen molar-refractivity contribution in [1.82, 2.24) is 14.7 Å². The van der Waals surface area contributed by atoms with Crippen LogP contribution < -0.4 is 0 Å². The summed E-state index contributed by atoms with van der Waals surface area (Å²) in [6, 6.07) is 23.7. The third-order valence-electron chi connectivity index (χ3n) is 7.26. The molecule has 198 valence electrons. The molecule has 1 aromatic heterocycles. The summed E-state index contributed by atoms with van der Waals surface area (Å²) < 4.78 is 1.80. The van der Waals surface area contributed by atoms with E-state index in [0.717, 1.165) is 55.2 Å². The van der Waals surface area contributed by atoms with E-state index in [1.165, 1.54) is 0 Å². The van der Waals surface area contributed by atoms with Crippen LogP contribution in [0.3, 0.4) is 0 Å². The van der Waals surface area contributed by atoms with Crippen molar-refractivity contribution in [3.63, 3.8) is 0 Å². The van der Waals surface area contributed by atoms with E-state index in [0.29, 0.717) is 11.1 Å². The van der Waals surface area contributed by atoms with E-state index < -0.39 is 11.8 Å². The Morgan fingerprint density at radius 2 is 1.50 bits per heavy atom. The Morgan fingerprint density at radius 3 is 2.12 bits per heavy atom. The maximum atomic E-state index is 13.9. The van der Waals surface area contributed by atoms with Gasteiger partial charge in [0, 0.05) is 22.9 Å². The normalized spacial score (nSPS) is 14.7. The van der Waals surface area contributed by atoms with Crippen molar-refractivity contribution >= 4 is 17.9 Å². The Kier molecular flexibility index (Phi) is 7.06. The summed E-state index contributed by atoms with van der Waals surface area (Å²) in [6.45, 7) is 9.90. The fourth-order valence-electron chi connectivity index (χ4n) is 5.26. The first-order chi connectivity index (χ1) is 19.2. The largest absolute Gasteiger partial charge is 0.271 e. The predicted octanol–water partition coefficient (Wildman–Crippen LogP) is 6.57. The van der Waals surface area contributed by atoms with Crippen LogP contribution in [-0.2, 0) is 16.1 Å². The predicted molar refractivity (Wildman–Crippen MR) is 156 cm³/mol. The van der Waals surface area contributed by atoms with E-state index in [9.17, 15) is 14.9 Å². The number of nitrogens with zero attached hydrogens (tertiary/aromatic N) is 4. The van der Waals surface area contributed by atoms with Crippen LogP contribution in [0.25, 0.3) is 23.0 Å². The molecule has 0 fully saturated rings. The number of rotatable bonds is 5. The zero-order valence-corrected chi connectivity index (χ0v) is 23.3. The van der Waals surface area contributed by atoms with Crippen molar-refractivity contribution in [2.45, 2.75) is 41.2 Å². The van der Waals surface area contributed by atoms with Gasteiger partial charge in [-0.3, -0.25) is 14.5 Å². The molecule has 0 atom stereocenters. The van der Waals surface area contributed by atoms with Gasteiger partial charge >= 0.3 is 0 Å². The number of carbonyl (C=O) groups excluding carboxylic acids is 2. The Morgan fingerprint density at radius 1 is 0.850 bits per heavy atom. The highest BCUT2D eigenvalue weighted by Crippen LogP contribution is 2.34. The van der Waals surface area contributed by atoms with E-state index in [4.69, 9.17) is 5.10 Å². The number of aromatic nitrogens is 2. The number of hydrogen-bond donors (Lipinski definition) is 0. The first-order valence-electron chi connectivity index (χ1n) is 13.2. The number of amides is 2. The van der Waals surface area contributed by atoms with Crippen LogP contribution in [0.4, 0.5) is 0 Å². The Bertz CT molecular complexity index is 1730. The number of para-hydroxylation sites is 1. The maximum Gasteiger partial charge on any atom is 0.271 e. The maximum absolute atomic E-state index is 13.9. The molecule has 0 spiro atoms. The van der Waals surface area contributed by atoms with Gasteiger partial charge in [0.15, 0.2) is 0 Å². The fourth-order valence-corrected chi connectivity index (χ4v) is 5.26. The topological polar surface area (TPSA) is 79.0 Å². The van der Waals surface area contributed by atoms with Crippen molar-refractivity contribution in [1.29, 1.82) is 5.26 Å². The highest BCUT2D eigenvalue weighted by Gasteiger charge is 2.36. The van der Waals surface area contributed by atoms with E-state index >= 15 is 0 Å². The molecule has 0 saturated carbocycles. The van der Waals surface area contributed by atoms with Crippen LogP contribution in [0.2, 0.25) is 0 Å². The molecule has 3 aromatic carbocycles. The monoisotopic (exact) mass is 526 g/mol. The molecule has 0 bridgehead atoms. The summed E-state index contributed by atoms with van der Waals surface area (Å²) in [7, 11) is 0. The minimum absolute atomic E-state index is 0.0299. The van der Waals surface area contributed by atoms with Gasteiger partial charge in [-0.25, -0.2) is 4.68 Å². The van der Waals surface area contributed by atoms with Crippen molar-refractivity contribution in [2.75, 3.05) is 0 Å². The number of imide groups is 1. The van der Waals surface area contributed by atoms with Crippen molar-refractivity contribution in [2.24, 2.45) is 0 Å². The van der Waals surface area contributed by atoms with Crippen LogP contribution in [0.15, 0.2) is 89.6 Å². The molecule has 40 heavy (non-hydrogen) atoms. The quantitative estimate of drug-likeness (QED) is 0.218. The van der Waals surface area contributed by atoms with Gasteiger partial charge in [0.1, 0.15) is 17.3 Å². The lowest BCUT2D eigenvalue weighted by molar-refractivity contribution is -0.141. The molecule has 5 rings (SSSR count). The molecule has 0 saturated heterocycles. The highest BCUT2D eigenvalue weighted by molar-refractivity contribution is 6.19. The Hall–Kier alpha value is -5.02. The average Bonchev–Trinajstić information content (AvgIpc) is 3.33. The number of aryl methyl sites for hydroxylation is 4. The van der Waals surface area contributed by atoms with E-state index in [-0.39, 0.29) is 12.1 Å². The molecule has 1 aliphatic heterocycles. The van der Waals surface area contributed by atoms with Gasteiger partial charge in [-0.15, -0.1) is 0 Å². The van der Waals surface area contributed by atoms with Crippen molar-refractivity contribution < 1.29 is 9.59 Å². The van der Waals surface area contributed by atoms with Gasteiger partial charge in [0.05, 0.1) is 12.2 Å². The summed E-state index contributed by atoms with van der Waals surface area (Å²) in [6.07, 6.45) is 3.66. The molecular weight excluding hydrogens is 496 g/mol. The van der Waals surface area contributed by atoms with Gasteiger partial charge in [-0.2, -0.15) is 10.4 Å². The third-order valence-corrected chi connectivity index (χ3v) is 7.26. The minimum atomic E-state index is -0.576. The van der Waals surface area contributed by atoms with Gasteiger partial charge in [-0.05, 0) is 75.1 Å². The summed E-state index contributed by atoms with van der Waals surface area (Å²) in [5.41, 5.74) is 9.17. The number of carbonyl (C=O) groups is 2. The number of hydrogen-bond acceptors (Lipinski definition) is 4. The molecule has 2 heterocycles. The lowest BCUT2D eigenvalue weighted by atomic mass is 9.91. The summed E-state index contributed by atoms with van der Waals surface area (Å²) >= 11 is 0. The Balaban J connectivity index is 1.69. The zero-order valence-electron chi connectivity index (χ0n) is 23.3. The summed E-state index contributed by atoms with van der Waals surface area (Å²) in [5, 5.41) is 14.9. The van der Waals surface area contributed by atoms with Crippen molar-refractivity contribution in [3.05, 3.63) is 123 Å².